The Kier molecular flexibility index (Phi) is 6.14. The number of ether oxygens (including phenoxy) is 3. The predicted molar refractivity (Wildman–Crippen MR) is 65.9 cm³/mol. The number of aliphatic hydroxyl groups is 1. The van der Waals surface area contributed by atoms with E-state index in [2.05, 4.69) is 6.58 Å². The summed E-state index contributed by atoms with van der Waals surface area (Å²) in [5.41, 5.74) is 0.910. The SMILES string of the molecule is C=C(OCCOCCO)c1ccc(OC)cc1. The molecule has 0 amide bonds. The first-order chi connectivity index (χ1) is 8.27. The van der Waals surface area contributed by atoms with Crippen molar-refractivity contribution >= 4 is 5.76 Å². The third kappa shape index (κ3) is 4.89. The van der Waals surface area contributed by atoms with Crippen molar-refractivity contribution in [3.8, 4) is 5.75 Å². The molecule has 1 aromatic rings. The third-order valence-corrected chi connectivity index (χ3v) is 2.15. The van der Waals surface area contributed by atoms with E-state index in [4.69, 9.17) is 19.3 Å². The summed E-state index contributed by atoms with van der Waals surface area (Å²) in [7, 11) is 1.62. The molecular formula is C13H18O4. The van der Waals surface area contributed by atoms with E-state index in [1.54, 1.807) is 7.11 Å². The van der Waals surface area contributed by atoms with Crippen LogP contribution >= 0.6 is 0 Å². The van der Waals surface area contributed by atoms with Crippen LogP contribution in [0.15, 0.2) is 30.8 Å². The quantitative estimate of drug-likeness (QED) is 0.553. The van der Waals surface area contributed by atoms with Crippen molar-refractivity contribution < 1.29 is 19.3 Å². The molecule has 0 bridgehead atoms. The van der Waals surface area contributed by atoms with Gasteiger partial charge in [-0.3, -0.25) is 0 Å². The largest absolute Gasteiger partial charge is 0.497 e. The van der Waals surface area contributed by atoms with Crippen LogP contribution in [0, 0.1) is 0 Å². The average molecular weight is 238 g/mol. The molecule has 0 heterocycles. The molecule has 0 aromatic heterocycles. The maximum atomic E-state index is 8.51. The lowest BCUT2D eigenvalue weighted by Crippen LogP contribution is -2.06. The van der Waals surface area contributed by atoms with Gasteiger partial charge in [0.05, 0.1) is 26.9 Å². The van der Waals surface area contributed by atoms with Gasteiger partial charge in [-0.1, -0.05) is 6.58 Å². The number of hydrogen-bond donors (Lipinski definition) is 1. The summed E-state index contributed by atoms with van der Waals surface area (Å²) in [6.07, 6.45) is 0. The van der Waals surface area contributed by atoms with Crippen LogP contribution in [0.25, 0.3) is 5.76 Å². The van der Waals surface area contributed by atoms with Gasteiger partial charge in [0.15, 0.2) is 0 Å². The van der Waals surface area contributed by atoms with Crippen LogP contribution in [0.4, 0.5) is 0 Å². The topological polar surface area (TPSA) is 47.9 Å². The van der Waals surface area contributed by atoms with Crippen LogP contribution in [0.3, 0.4) is 0 Å². The summed E-state index contributed by atoms with van der Waals surface area (Å²) in [6, 6.07) is 7.48. The van der Waals surface area contributed by atoms with Crippen molar-refractivity contribution in [2.75, 3.05) is 33.5 Å². The number of aliphatic hydroxyl groups excluding tert-OH is 1. The van der Waals surface area contributed by atoms with Gasteiger partial charge in [0.25, 0.3) is 0 Å². The smallest absolute Gasteiger partial charge is 0.119 e. The molecule has 0 aliphatic rings. The predicted octanol–water partition coefficient (Wildman–Crippen LogP) is 1.69. The number of rotatable bonds is 8. The monoisotopic (exact) mass is 238 g/mol. The highest BCUT2D eigenvalue weighted by molar-refractivity contribution is 5.58. The summed E-state index contributed by atoms with van der Waals surface area (Å²) < 4.78 is 15.5. The van der Waals surface area contributed by atoms with E-state index in [9.17, 15) is 0 Å². The molecule has 0 unspecified atom stereocenters. The molecule has 0 saturated heterocycles. The molecule has 17 heavy (non-hydrogen) atoms. The molecule has 0 aliphatic heterocycles. The summed E-state index contributed by atoms with van der Waals surface area (Å²) in [4.78, 5) is 0. The summed E-state index contributed by atoms with van der Waals surface area (Å²) in [5, 5.41) is 8.51. The molecule has 1 N–H and O–H groups in total. The maximum absolute atomic E-state index is 8.51. The molecule has 0 radical (unpaired) electrons. The molecule has 1 rings (SSSR count). The van der Waals surface area contributed by atoms with Crippen LogP contribution in [-0.4, -0.2) is 38.6 Å². The molecule has 0 atom stereocenters. The highest BCUT2D eigenvalue weighted by Crippen LogP contribution is 2.17. The minimum atomic E-state index is 0.0272. The zero-order valence-electron chi connectivity index (χ0n) is 10.0. The van der Waals surface area contributed by atoms with E-state index in [0.29, 0.717) is 25.6 Å². The molecule has 0 spiro atoms. The maximum Gasteiger partial charge on any atom is 0.119 e. The second-order valence-electron chi connectivity index (χ2n) is 3.34. The Bertz CT molecular complexity index is 332. The fourth-order valence-electron chi connectivity index (χ4n) is 1.25. The van der Waals surface area contributed by atoms with E-state index in [1.165, 1.54) is 0 Å². The van der Waals surface area contributed by atoms with Gasteiger partial charge < -0.3 is 19.3 Å². The lowest BCUT2D eigenvalue weighted by atomic mass is 10.2. The van der Waals surface area contributed by atoms with Crippen molar-refractivity contribution in [1.29, 1.82) is 0 Å². The Morgan fingerprint density at radius 1 is 1.18 bits per heavy atom. The molecule has 0 fully saturated rings. The van der Waals surface area contributed by atoms with E-state index in [-0.39, 0.29) is 6.61 Å². The van der Waals surface area contributed by atoms with E-state index in [1.807, 2.05) is 24.3 Å². The fourth-order valence-corrected chi connectivity index (χ4v) is 1.25. The van der Waals surface area contributed by atoms with Gasteiger partial charge >= 0.3 is 0 Å². The standard InChI is InChI=1S/C13H18O4/c1-11(17-10-9-16-8-7-14)12-3-5-13(15-2)6-4-12/h3-6,14H,1,7-10H2,2H3. The highest BCUT2D eigenvalue weighted by Gasteiger charge is 2.00. The summed E-state index contributed by atoms with van der Waals surface area (Å²) >= 11 is 0. The van der Waals surface area contributed by atoms with Crippen LogP contribution in [-0.2, 0) is 9.47 Å². The van der Waals surface area contributed by atoms with E-state index in [0.717, 1.165) is 11.3 Å². The minimum absolute atomic E-state index is 0.0272. The number of methoxy groups -OCH3 is 1. The lowest BCUT2D eigenvalue weighted by molar-refractivity contribution is 0.0645. The number of hydrogen-bond acceptors (Lipinski definition) is 4. The minimum Gasteiger partial charge on any atom is -0.497 e. The first-order valence-corrected chi connectivity index (χ1v) is 5.42. The normalized spacial score (nSPS) is 10.0. The van der Waals surface area contributed by atoms with Crippen LogP contribution in [0.2, 0.25) is 0 Å². The van der Waals surface area contributed by atoms with Gasteiger partial charge in [-0.15, -0.1) is 0 Å². The van der Waals surface area contributed by atoms with Gasteiger partial charge in [-0.25, -0.2) is 0 Å². The van der Waals surface area contributed by atoms with Crippen molar-refractivity contribution in [3.63, 3.8) is 0 Å². The second kappa shape index (κ2) is 7.70. The van der Waals surface area contributed by atoms with Crippen LogP contribution in [0.1, 0.15) is 5.56 Å². The van der Waals surface area contributed by atoms with Gasteiger partial charge in [-0.05, 0) is 24.3 Å². The van der Waals surface area contributed by atoms with Gasteiger partial charge in [0, 0.05) is 5.56 Å². The fraction of sp³-hybridized carbons (Fsp3) is 0.385. The van der Waals surface area contributed by atoms with Crippen molar-refractivity contribution in [2.24, 2.45) is 0 Å². The van der Waals surface area contributed by atoms with Crippen LogP contribution < -0.4 is 4.74 Å². The van der Waals surface area contributed by atoms with Crippen molar-refractivity contribution in [3.05, 3.63) is 36.4 Å². The Hall–Kier alpha value is -1.52. The summed E-state index contributed by atoms with van der Waals surface area (Å²) in [6.45, 7) is 5.05. The van der Waals surface area contributed by atoms with Crippen molar-refractivity contribution in [1.82, 2.24) is 0 Å². The molecule has 94 valence electrons. The Morgan fingerprint density at radius 3 is 2.47 bits per heavy atom. The molecule has 1 aromatic carbocycles. The van der Waals surface area contributed by atoms with Gasteiger partial charge in [-0.2, -0.15) is 0 Å². The highest BCUT2D eigenvalue weighted by atomic mass is 16.5. The molecule has 4 heteroatoms. The zero-order chi connectivity index (χ0) is 12.5. The van der Waals surface area contributed by atoms with E-state index >= 15 is 0 Å². The molecule has 4 nitrogen and oxygen atoms in total. The molecular weight excluding hydrogens is 220 g/mol. The van der Waals surface area contributed by atoms with E-state index < -0.39 is 0 Å². The van der Waals surface area contributed by atoms with Gasteiger partial charge in [0.1, 0.15) is 18.1 Å². The Labute approximate surface area is 101 Å². The van der Waals surface area contributed by atoms with Crippen LogP contribution in [0.5, 0.6) is 5.75 Å². The second-order valence-corrected chi connectivity index (χ2v) is 3.34. The number of benzene rings is 1. The zero-order valence-corrected chi connectivity index (χ0v) is 10.0. The average Bonchev–Trinajstić information content (AvgIpc) is 2.38. The first kappa shape index (κ1) is 13.5. The Morgan fingerprint density at radius 2 is 1.88 bits per heavy atom. The summed E-state index contributed by atoms with van der Waals surface area (Å²) in [5.74, 6) is 1.40. The Balaban J connectivity index is 2.31. The third-order valence-electron chi connectivity index (χ3n) is 2.15. The van der Waals surface area contributed by atoms with Crippen molar-refractivity contribution in [2.45, 2.75) is 0 Å². The lowest BCUT2D eigenvalue weighted by Gasteiger charge is -2.09. The van der Waals surface area contributed by atoms with Gasteiger partial charge in [0.2, 0.25) is 0 Å². The molecule has 0 aliphatic carbocycles. The first-order valence-electron chi connectivity index (χ1n) is 5.42. The molecule has 0 saturated carbocycles.